The molecule has 0 saturated heterocycles. The molecule has 27 heteroatoms. The second kappa shape index (κ2) is 31.9. The predicted octanol–water partition coefficient (Wildman–Crippen LogP) is 6.63. The van der Waals surface area contributed by atoms with Crippen molar-refractivity contribution >= 4 is 55.7 Å². The molecule has 8 heterocycles. The van der Waals surface area contributed by atoms with Crippen LogP contribution in [0.2, 0.25) is 0 Å². The highest BCUT2D eigenvalue weighted by Crippen LogP contribution is 2.41. The SMILES string of the molecule is COc1cc2c(cc1-c1c(C)noc1C)ncc1c2n([C@H](C)c2ccccn2)c(=O)n1CC(=O)NCCOCCOCCOCCOCCOCCOCCOCCNC(=O)Cn1c(=O)n([C@@H](C)c2ccccn2)c2c3cc(OC)c(-c4c(C)noc4C)cc3ncc21. The zero-order chi connectivity index (χ0) is 65.4. The molecule has 0 aliphatic rings. The Hall–Kier alpha value is -9.22. The number of aromatic nitrogens is 10. The molecule has 2 amide bonds. The number of fused-ring (bicyclic) bond motifs is 6. The lowest BCUT2D eigenvalue weighted by Gasteiger charge is -2.15. The Morgan fingerprint density at radius 3 is 1.16 bits per heavy atom. The van der Waals surface area contributed by atoms with Gasteiger partial charge in [0.15, 0.2) is 0 Å². The molecule has 0 spiro atoms. The van der Waals surface area contributed by atoms with Gasteiger partial charge in [0.2, 0.25) is 11.8 Å². The van der Waals surface area contributed by atoms with Gasteiger partial charge in [0.05, 0.1) is 198 Å². The second-order valence-corrected chi connectivity index (χ2v) is 21.8. The van der Waals surface area contributed by atoms with E-state index in [4.69, 9.17) is 61.6 Å². The maximum atomic E-state index is 14.3. The van der Waals surface area contributed by atoms with E-state index in [0.29, 0.717) is 169 Å². The lowest BCUT2D eigenvalue weighted by atomic mass is 10.00. The number of carbonyl (C=O) groups is 2. The minimum Gasteiger partial charge on any atom is -0.496 e. The van der Waals surface area contributed by atoms with Crippen molar-refractivity contribution in [2.24, 2.45) is 0 Å². The van der Waals surface area contributed by atoms with E-state index in [-0.39, 0.29) is 62.6 Å². The van der Waals surface area contributed by atoms with E-state index in [1.165, 1.54) is 9.13 Å². The van der Waals surface area contributed by atoms with Crippen molar-refractivity contribution in [1.82, 2.24) is 59.2 Å². The Labute approximate surface area is 535 Å². The third-order valence-electron chi connectivity index (χ3n) is 15.8. The van der Waals surface area contributed by atoms with Crippen LogP contribution in [0.5, 0.6) is 11.5 Å². The monoisotopic (exact) mass is 1280 g/mol. The Balaban J connectivity index is 0.559. The van der Waals surface area contributed by atoms with Crippen LogP contribution < -0.4 is 31.5 Å². The molecule has 10 aromatic rings. The van der Waals surface area contributed by atoms with Gasteiger partial charge >= 0.3 is 11.4 Å². The average molecular weight is 1280 g/mol. The summed E-state index contributed by atoms with van der Waals surface area (Å²) in [6.45, 7) is 16.1. The van der Waals surface area contributed by atoms with Crippen LogP contribution in [0, 0.1) is 27.7 Å². The van der Waals surface area contributed by atoms with Crippen LogP contribution in [0.4, 0.5) is 0 Å². The van der Waals surface area contributed by atoms with Crippen molar-refractivity contribution in [2.75, 3.05) is 120 Å². The van der Waals surface area contributed by atoms with Crippen LogP contribution >= 0.6 is 0 Å². The molecule has 492 valence electrons. The first-order valence-corrected chi connectivity index (χ1v) is 30.8. The number of imidazole rings is 2. The molecule has 8 aromatic heterocycles. The Morgan fingerprint density at radius 1 is 0.495 bits per heavy atom. The number of hydrogen-bond donors (Lipinski definition) is 2. The molecular weight excluding hydrogens is 1200 g/mol. The second-order valence-electron chi connectivity index (χ2n) is 21.8. The summed E-state index contributed by atoms with van der Waals surface area (Å²) in [4.78, 5) is 74.0. The van der Waals surface area contributed by atoms with Crippen molar-refractivity contribution in [3.63, 3.8) is 0 Å². The van der Waals surface area contributed by atoms with E-state index in [1.54, 1.807) is 48.1 Å². The minimum atomic E-state index is -0.484. The van der Waals surface area contributed by atoms with Gasteiger partial charge in [-0.15, -0.1) is 0 Å². The number of rotatable bonds is 36. The van der Waals surface area contributed by atoms with Crippen molar-refractivity contribution < 1.29 is 61.3 Å². The number of ether oxygens (including phenoxy) is 9. The topological polar surface area (TPSA) is 299 Å². The van der Waals surface area contributed by atoms with E-state index < -0.39 is 12.1 Å². The van der Waals surface area contributed by atoms with Crippen molar-refractivity contribution in [3.8, 4) is 33.8 Å². The number of nitrogens with one attached hydrogen (secondary N) is 2. The van der Waals surface area contributed by atoms with E-state index >= 15 is 0 Å². The molecule has 0 unspecified atom stereocenters. The highest BCUT2D eigenvalue weighted by atomic mass is 16.6. The van der Waals surface area contributed by atoms with E-state index in [9.17, 15) is 19.2 Å². The zero-order valence-electron chi connectivity index (χ0n) is 53.6. The molecule has 27 nitrogen and oxygen atoms in total. The van der Waals surface area contributed by atoms with Crippen LogP contribution in [0.25, 0.3) is 66.1 Å². The van der Waals surface area contributed by atoms with Gasteiger partial charge in [-0.1, -0.05) is 22.4 Å². The largest absolute Gasteiger partial charge is 0.496 e. The standard InChI is InChI=1S/C66H78N12O15/c1-41-61(45(5)92-73-41)49-33-53-47(35-57(49)83-7)63-55(37-71-53)75(65(81)77(63)43(3)51-13-9-11-15-67-51)39-59(79)69-17-19-85-21-23-87-25-27-89-29-31-91-32-30-90-28-26-88-24-22-86-20-18-70-60(80)40-76-56-38-72-54-34-50(62-42(2)74-93-46(62)6)58(84-8)36-48(54)64(56)78(66(76)82)44(4)52-14-10-12-16-68-52/h9-16,33-38,43-44H,17-32,39-40H2,1-8H3,(H,69,79)(H,70,80)/t43-,44+. The molecule has 2 N–H and O–H groups in total. The summed E-state index contributed by atoms with van der Waals surface area (Å²) in [7, 11) is 3.17. The number of benzene rings is 2. The number of nitrogens with zero attached hydrogens (tertiary/aromatic N) is 10. The molecule has 0 fully saturated rings. The van der Waals surface area contributed by atoms with Gasteiger partial charge in [-0.3, -0.25) is 47.8 Å². The summed E-state index contributed by atoms with van der Waals surface area (Å²) in [6, 6.07) is 17.6. The summed E-state index contributed by atoms with van der Waals surface area (Å²) in [6.07, 6.45) is 6.60. The van der Waals surface area contributed by atoms with Gasteiger partial charge in [-0.2, -0.15) is 0 Å². The molecule has 0 aliphatic carbocycles. The van der Waals surface area contributed by atoms with Gasteiger partial charge in [0.1, 0.15) is 36.1 Å². The van der Waals surface area contributed by atoms with Gasteiger partial charge in [0, 0.05) is 47.4 Å². The molecule has 0 aliphatic heterocycles. The fourth-order valence-corrected chi connectivity index (χ4v) is 11.3. The first-order valence-electron chi connectivity index (χ1n) is 30.8. The first-order chi connectivity index (χ1) is 45.3. The summed E-state index contributed by atoms with van der Waals surface area (Å²) < 4.78 is 68.2. The van der Waals surface area contributed by atoms with Crippen molar-refractivity contribution in [2.45, 2.75) is 66.7 Å². The van der Waals surface area contributed by atoms with E-state index in [2.05, 4.69) is 30.9 Å². The average Bonchev–Trinajstić information content (AvgIpc) is 1.62. The zero-order valence-corrected chi connectivity index (χ0v) is 53.6. The number of hydrogen-bond acceptors (Lipinski definition) is 21. The molecular formula is C66H78N12O15. The molecule has 0 radical (unpaired) electrons. The van der Waals surface area contributed by atoms with E-state index in [0.717, 1.165) is 22.3 Å². The van der Waals surface area contributed by atoms with Crippen LogP contribution in [-0.4, -0.2) is 180 Å². The van der Waals surface area contributed by atoms with Crippen molar-refractivity contribution in [1.29, 1.82) is 0 Å². The fourth-order valence-electron chi connectivity index (χ4n) is 11.3. The Morgan fingerprint density at radius 2 is 0.849 bits per heavy atom. The van der Waals surface area contributed by atoms with Gasteiger partial charge in [-0.25, -0.2) is 9.59 Å². The summed E-state index contributed by atoms with van der Waals surface area (Å²) >= 11 is 0. The fraction of sp³-hybridized carbons (Fsp3) is 0.424. The molecule has 2 atom stereocenters. The third-order valence-corrected chi connectivity index (χ3v) is 15.8. The Bertz CT molecular complexity index is 3980. The lowest BCUT2D eigenvalue weighted by molar-refractivity contribution is -0.122. The van der Waals surface area contributed by atoms with Crippen LogP contribution in [-0.2, 0) is 55.8 Å². The summed E-state index contributed by atoms with van der Waals surface area (Å²) in [5.41, 5.74) is 8.52. The highest BCUT2D eigenvalue weighted by Gasteiger charge is 2.28. The smallest absolute Gasteiger partial charge is 0.330 e. The van der Waals surface area contributed by atoms with Crippen LogP contribution in [0.1, 0.15) is 60.2 Å². The molecule has 0 bridgehead atoms. The third kappa shape index (κ3) is 15.5. The number of amides is 2. The molecule has 93 heavy (non-hydrogen) atoms. The summed E-state index contributed by atoms with van der Waals surface area (Å²) in [5, 5.41) is 15.3. The number of carbonyl (C=O) groups excluding carboxylic acids is 2. The van der Waals surface area contributed by atoms with Gasteiger partial charge < -0.3 is 62.3 Å². The maximum Gasteiger partial charge on any atom is 0.330 e. The van der Waals surface area contributed by atoms with Gasteiger partial charge in [0.25, 0.3) is 0 Å². The predicted molar refractivity (Wildman–Crippen MR) is 344 cm³/mol. The molecule has 2 aromatic carbocycles. The maximum absolute atomic E-state index is 14.3. The minimum absolute atomic E-state index is 0.228. The number of pyridine rings is 4. The number of aryl methyl sites for hydroxylation is 4. The van der Waals surface area contributed by atoms with Crippen LogP contribution in [0.15, 0.2) is 104 Å². The van der Waals surface area contributed by atoms with Crippen LogP contribution in [0.3, 0.4) is 0 Å². The lowest BCUT2D eigenvalue weighted by Crippen LogP contribution is -2.35. The van der Waals surface area contributed by atoms with Crippen molar-refractivity contribution in [3.05, 3.63) is 141 Å². The highest BCUT2D eigenvalue weighted by molar-refractivity contribution is 6.06. The van der Waals surface area contributed by atoms with E-state index in [1.807, 2.05) is 102 Å². The molecule has 10 rings (SSSR count). The molecule has 0 saturated carbocycles. The normalized spacial score (nSPS) is 12.4. The quantitative estimate of drug-likeness (QED) is 0.0389. The number of methoxy groups -OCH3 is 2. The Kier molecular flexibility index (Phi) is 22.9. The summed E-state index contributed by atoms with van der Waals surface area (Å²) in [5.74, 6) is 1.65. The first kappa shape index (κ1) is 66.7. The van der Waals surface area contributed by atoms with Gasteiger partial charge in [-0.05, 0) is 90.1 Å².